The molecule has 2 heterocycles. The molecule has 0 amide bonds. The maximum absolute atomic E-state index is 12.8. The molecular formula is C17H19N3NaO3S. The van der Waals surface area contributed by atoms with Crippen LogP contribution in [0.3, 0.4) is 0 Å². The summed E-state index contributed by atoms with van der Waals surface area (Å²) in [4.78, 5) is 11.5. The number of H-pyrrole nitrogens is 1. The second-order valence-electron chi connectivity index (χ2n) is 5.26. The molecule has 6 nitrogen and oxygen atoms in total. The minimum atomic E-state index is -2.61. The number of rotatable bonds is 5. The molecule has 25 heavy (non-hydrogen) atoms. The molecule has 0 unspecified atom stereocenters. The van der Waals surface area contributed by atoms with Gasteiger partial charge in [-0.1, -0.05) is 0 Å². The molecule has 0 aliphatic heterocycles. The number of pyridine rings is 1. The van der Waals surface area contributed by atoms with Gasteiger partial charge in [-0.25, -0.2) is 0 Å². The van der Waals surface area contributed by atoms with Crippen LogP contribution in [0.4, 0.5) is 0 Å². The van der Waals surface area contributed by atoms with Crippen molar-refractivity contribution < 1.29 is 22.3 Å². The number of aromatic nitrogens is 3. The molecule has 0 saturated carbocycles. The van der Waals surface area contributed by atoms with Gasteiger partial charge in [0, 0.05) is 64.1 Å². The summed E-state index contributed by atoms with van der Waals surface area (Å²) in [6.45, 7) is 3.34. The third kappa shape index (κ3) is 4.12. The summed E-state index contributed by atoms with van der Waals surface area (Å²) < 4.78 is 66.2. The third-order valence-electron chi connectivity index (χ3n) is 3.68. The Kier molecular flexibility index (Phi) is 4.38. The van der Waals surface area contributed by atoms with Crippen LogP contribution in [0.1, 0.15) is 25.0 Å². The van der Waals surface area contributed by atoms with Crippen LogP contribution in [0.25, 0.3) is 11.0 Å². The molecule has 1 aromatic carbocycles. The van der Waals surface area contributed by atoms with Gasteiger partial charge in [0.05, 0.1) is 39.0 Å². The van der Waals surface area contributed by atoms with E-state index in [-0.39, 0.29) is 52.0 Å². The number of nitrogens with one attached hydrogen (secondary N) is 1. The number of nitrogens with zero attached hydrogens (tertiary/aromatic N) is 2. The molecule has 3 rings (SSSR count). The first-order valence-electron chi connectivity index (χ1n) is 10.0. The molecule has 0 saturated heterocycles. The van der Waals surface area contributed by atoms with Crippen molar-refractivity contribution in [3.63, 3.8) is 0 Å². The van der Waals surface area contributed by atoms with Crippen LogP contribution >= 0.6 is 0 Å². The van der Waals surface area contributed by atoms with Crippen molar-refractivity contribution in [1.29, 1.82) is 0 Å². The average Bonchev–Trinajstić information content (AvgIpc) is 3.02. The zero-order valence-corrected chi connectivity index (χ0v) is 16.9. The Morgan fingerprint density at radius 1 is 1.28 bits per heavy atom. The summed E-state index contributed by atoms with van der Waals surface area (Å²) in [5.74, 6) is 0.295. The smallest absolute Gasteiger partial charge is 0.322 e. The number of imidazole rings is 1. The van der Waals surface area contributed by atoms with E-state index in [1.165, 1.54) is 18.3 Å². The van der Waals surface area contributed by atoms with Gasteiger partial charge >= 0.3 is 5.16 Å². The molecule has 0 aliphatic carbocycles. The summed E-state index contributed by atoms with van der Waals surface area (Å²) in [6, 6.07) is 4.50. The van der Waals surface area contributed by atoms with Crippen LogP contribution in [0, 0.1) is 13.8 Å². The predicted octanol–water partition coefficient (Wildman–Crippen LogP) is 2.52. The number of methoxy groups -OCH3 is 2. The molecule has 0 spiro atoms. The van der Waals surface area contributed by atoms with Crippen LogP contribution in [0.5, 0.6) is 11.5 Å². The van der Waals surface area contributed by atoms with E-state index in [2.05, 4.69) is 15.0 Å². The molecule has 3 aromatic rings. The Morgan fingerprint density at radius 3 is 2.84 bits per heavy atom. The maximum atomic E-state index is 12.8. The topological polar surface area (TPSA) is 83.1 Å². The first kappa shape index (κ1) is 13.0. The Hall–Kier alpha value is -1.25. The van der Waals surface area contributed by atoms with E-state index in [1.54, 1.807) is 19.9 Å². The quantitative estimate of drug-likeness (QED) is 0.548. The van der Waals surface area contributed by atoms with Crippen molar-refractivity contribution in [2.75, 3.05) is 14.1 Å². The number of fused-ring (bicyclic) bond motifs is 1. The first-order chi connectivity index (χ1) is 13.8. The monoisotopic (exact) mass is 374 g/mol. The summed E-state index contributed by atoms with van der Waals surface area (Å²) in [5.41, 5.74) is 2.44. The van der Waals surface area contributed by atoms with Crippen molar-refractivity contribution in [1.82, 2.24) is 15.0 Å². The van der Waals surface area contributed by atoms with Gasteiger partial charge in [0.15, 0.2) is 5.75 Å². The minimum absolute atomic E-state index is 0. The van der Waals surface area contributed by atoms with Crippen molar-refractivity contribution in [2.24, 2.45) is 0 Å². The van der Waals surface area contributed by atoms with Crippen molar-refractivity contribution in [3.8, 4) is 11.5 Å². The Morgan fingerprint density at radius 2 is 2.08 bits per heavy atom. The summed E-state index contributed by atoms with van der Waals surface area (Å²) in [5, 5.41) is 0.177. The number of aryl methyl sites for hydroxylation is 1. The summed E-state index contributed by atoms with van der Waals surface area (Å²) in [6.07, 6.45) is 1.47. The zero-order chi connectivity index (χ0) is 22.3. The SMILES string of the molecule is [2H]C([2H])([2H])Oc1ccc2[nH]c([S@@+]([O-])Cc3ncc(C)c(OC([2H])([2H])[2H])c3C)nc2c1.[Na]. The standard InChI is InChI=1S/C17H19N3O3S.Na/c1-10-8-18-15(11(2)16(10)23-4)9-24(21)17-19-13-6-5-12(22-3)7-14(13)20-17;/h5-8H,9H2,1-4H3,(H,19,20);/t24-;/m0./s1/i3D3,4D3;. The molecule has 0 aliphatic rings. The number of hydrogen-bond acceptors (Lipinski definition) is 5. The van der Waals surface area contributed by atoms with Gasteiger partial charge in [0.1, 0.15) is 11.5 Å². The van der Waals surface area contributed by atoms with Crippen molar-refractivity contribution >= 4 is 51.8 Å². The normalized spacial score (nSPS) is 16.4. The van der Waals surface area contributed by atoms with Crippen molar-refractivity contribution in [2.45, 2.75) is 24.8 Å². The van der Waals surface area contributed by atoms with E-state index in [9.17, 15) is 4.55 Å². The number of hydrogen-bond donors (Lipinski definition) is 1. The van der Waals surface area contributed by atoms with E-state index >= 15 is 0 Å². The molecule has 0 bridgehead atoms. The van der Waals surface area contributed by atoms with Crippen LogP contribution in [-0.2, 0) is 16.9 Å². The van der Waals surface area contributed by atoms with Gasteiger partial charge in [0.25, 0.3) is 0 Å². The number of benzene rings is 1. The van der Waals surface area contributed by atoms with Gasteiger partial charge < -0.3 is 14.0 Å². The van der Waals surface area contributed by atoms with E-state index < -0.39 is 25.3 Å². The van der Waals surface area contributed by atoms with E-state index in [4.69, 9.17) is 17.7 Å². The molecular weight excluding hydrogens is 349 g/mol. The molecule has 8 heteroatoms. The molecule has 1 radical (unpaired) electrons. The zero-order valence-electron chi connectivity index (χ0n) is 20.0. The third-order valence-corrected chi connectivity index (χ3v) is 4.84. The first-order valence-corrected chi connectivity index (χ1v) is 8.35. The molecule has 0 fully saturated rings. The molecule has 2 aromatic heterocycles. The average molecular weight is 374 g/mol. The van der Waals surface area contributed by atoms with Gasteiger partial charge in [-0.2, -0.15) is 4.98 Å². The van der Waals surface area contributed by atoms with Gasteiger partial charge in [-0.05, 0) is 26.0 Å². The number of ether oxygens (including phenoxy) is 2. The second-order valence-corrected chi connectivity index (χ2v) is 6.62. The van der Waals surface area contributed by atoms with Crippen molar-refractivity contribution in [3.05, 3.63) is 41.2 Å². The predicted molar refractivity (Wildman–Crippen MR) is 98.8 cm³/mol. The van der Waals surface area contributed by atoms with Gasteiger partial charge in [-0.3, -0.25) is 9.97 Å². The Balaban J connectivity index is 0.00000341. The second kappa shape index (κ2) is 8.42. The Bertz CT molecular complexity index is 1070. The summed E-state index contributed by atoms with van der Waals surface area (Å²) in [7, 11) is -5.20. The fraction of sp³-hybridized carbons (Fsp3) is 0.294. The van der Waals surface area contributed by atoms with Crippen LogP contribution in [0.15, 0.2) is 29.6 Å². The minimum Gasteiger partial charge on any atom is -0.609 e. The molecule has 1 atom stereocenters. The van der Waals surface area contributed by atoms with Crippen LogP contribution in [-0.4, -0.2) is 63.1 Å². The van der Waals surface area contributed by atoms with E-state index in [0.717, 1.165) is 0 Å². The van der Waals surface area contributed by atoms with Gasteiger partial charge in [-0.15, -0.1) is 0 Å². The largest absolute Gasteiger partial charge is 0.609 e. The van der Waals surface area contributed by atoms with E-state index in [1.807, 2.05) is 0 Å². The fourth-order valence-electron chi connectivity index (χ4n) is 2.39. The maximum Gasteiger partial charge on any atom is 0.322 e. The molecule has 1 N–H and O–H groups in total. The van der Waals surface area contributed by atoms with E-state index in [0.29, 0.717) is 27.9 Å². The fourth-order valence-corrected chi connectivity index (χ4v) is 3.49. The van der Waals surface area contributed by atoms with Crippen LogP contribution in [0.2, 0.25) is 0 Å². The van der Waals surface area contributed by atoms with Gasteiger partial charge in [0.2, 0.25) is 0 Å². The Labute approximate surface area is 180 Å². The number of aromatic amines is 1. The summed E-state index contributed by atoms with van der Waals surface area (Å²) >= 11 is -1.62. The van der Waals surface area contributed by atoms with Crippen LogP contribution < -0.4 is 9.47 Å². The molecule has 127 valence electrons.